The Morgan fingerprint density at radius 3 is 1.55 bits per heavy atom. The zero-order valence-corrected chi connectivity index (χ0v) is 18.4. The molecule has 4 rings (SSSR count). The van der Waals surface area contributed by atoms with Crippen LogP contribution in [0.5, 0.6) is 0 Å². The SMILES string of the molecule is N#CNC1=[N+](C[N+]2=C(NC#N)NCN(Cc3ccccc3)C2)CN(Cc2ccccc2)CN1. The number of nitriles is 2. The largest absolute Gasteiger partial charge is 0.364 e. The second-order valence-electron chi connectivity index (χ2n) is 7.97. The van der Waals surface area contributed by atoms with Crippen molar-refractivity contribution in [3.8, 4) is 12.4 Å². The molecule has 10 nitrogen and oxygen atoms in total. The van der Waals surface area contributed by atoms with Gasteiger partial charge < -0.3 is 0 Å². The van der Waals surface area contributed by atoms with E-state index in [0.717, 1.165) is 13.1 Å². The van der Waals surface area contributed by atoms with Crippen LogP contribution in [-0.2, 0) is 13.1 Å². The van der Waals surface area contributed by atoms with Gasteiger partial charge in [-0.05, 0) is 11.1 Å². The number of rotatable bonds is 6. The molecule has 0 amide bonds. The van der Waals surface area contributed by atoms with Crippen molar-refractivity contribution in [1.29, 1.82) is 10.5 Å². The monoisotopic (exact) mass is 444 g/mol. The van der Waals surface area contributed by atoms with Crippen LogP contribution in [0.2, 0.25) is 0 Å². The predicted molar refractivity (Wildman–Crippen MR) is 123 cm³/mol. The maximum atomic E-state index is 9.23. The molecule has 2 aliphatic rings. The Morgan fingerprint density at radius 2 is 1.15 bits per heavy atom. The van der Waals surface area contributed by atoms with Crippen LogP contribution in [0.4, 0.5) is 0 Å². The summed E-state index contributed by atoms with van der Waals surface area (Å²) in [4.78, 5) is 4.52. The summed E-state index contributed by atoms with van der Waals surface area (Å²) in [6.45, 7) is 4.55. The Kier molecular flexibility index (Phi) is 7.33. The highest BCUT2D eigenvalue weighted by Crippen LogP contribution is 2.08. The molecule has 0 saturated heterocycles. The van der Waals surface area contributed by atoms with Gasteiger partial charge in [-0.15, -0.1) is 0 Å². The highest BCUT2D eigenvalue weighted by atomic mass is 15.5. The first-order valence-electron chi connectivity index (χ1n) is 10.8. The van der Waals surface area contributed by atoms with Crippen LogP contribution < -0.4 is 21.3 Å². The summed E-state index contributed by atoms with van der Waals surface area (Å²) < 4.78 is 4.12. The lowest BCUT2D eigenvalue weighted by atomic mass is 10.2. The quantitative estimate of drug-likeness (QED) is 0.277. The smallest absolute Gasteiger partial charge is 0.264 e. The van der Waals surface area contributed by atoms with Crippen LogP contribution in [0.25, 0.3) is 0 Å². The average molecular weight is 445 g/mol. The fraction of sp³-hybridized carbons (Fsp3) is 0.304. The summed E-state index contributed by atoms with van der Waals surface area (Å²) in [5.74, 6) is 1.30. The van der Waals surface area contributed by atoms with Gasteiger partial charge in [-0.3, -0.25) is 10.6 Å². The molecule has 168 valence electrons. The number of hydrogen-bond acceptors (Lipinski definition) is 8. The van der Waals surface area contributed by atoms with E-state index in [1.54, 1.807) is 0 Å². The van der Waals surface area contributed by atoms with E-state index in [1.807, 2.05) is 48.8 Å². The molecule has 0 bridgehead atoms. The van der Waals surface area contributed by atoms with Gasteiger partial charge in [0.1, 0.15) is 26.7 Å². The molecule has 0 fully saturated rings. The summed E-state index contributed by atoms with van der Waals surface area (Å²) >= 11 is 0. The lowest BCUT2D eigenvalue weighted by Gasteiger charge is -2.31. The lowest BCUT2D eigenvalue weighted by Crippen LogP contribution is -2.60. The van der Waals surface area contributed by atoms with Gasteiger partial charge in [-0.2, -0.15) is 21.2 Å². The molecule has 4 N–H and O–H groups in total. The molecule has 0 aliphatic carbocycles. The summed E-state index contributed by atoms with van der Waals surface area (Å²) in [7, 11) is 0. The van der Waals surface area contributed by atoms with E-state index in [9.17, 15) is 10.5 Å². The highest BCUT2D eigenvalue weighted by molar-refractivity contribution is 5.77. The van der Waals surface area contributed by atoms with Crippen molar-refractivity contribution < 1.29 is 9.15 Å². The van der Waals surface area contributed by atoms with E-state index >= 15 is 0 Å². The topological polar surface area (TPSA) is 108 Å². The normalized spacial score (nSPS) is 16.9. The van der Waals surface area contributed by atoms with Crippen LogP contribution >= 0.6 is 0 Å². The first-order chi connectivity index (χ1) is 16.2. The van der Waals surface area contributed by atoms with Gasteiger partial charge in [0.05, 0.1) is 0 Å². The van der Waals surface area contributed by atoms with Gasteiger partial charge in [-0.25, -0.2) is 19.0 Å². The molecule has 33 heavy (non-hydrogen) atoms. The Hall–Kier alpha value is -4.12. The molecule has 2 aliphatic heterocycles. The third-order valence-corrected chi connectivity index (χ3v) is 5.50. The number of nitrogens with zero attached hydrogens (tertiary/aromatic N) is 6. The third-order valence-electron chi connectivity index (χ3n) is 5.50. The molecule has 0 spiro atoms. The second-order valence-corrected chi connectivity index (χ2v) is 7.97. The highest BCUT2D eigenvalue weighted by Gasteiger charge is 2.29. The van der Waals surface area contributed by atoms with Crippen LogP contribution in [0.3, 0.4) is 0 Å². The van der Waals surface area contributed by atoms with Gasteiger partial charge in [0.25, 0.3) is 12.4 Å². The van der Waals surface area contributed by atoms with Crippen molar-refractivity contribution in [2.45, 2.75) is 13.1 Å². The Morgan fingerprint density at radius 1 is 0.727 bits per heavy atom. The zero-order chi connectivity index (χ0) is 22.9. The minimum absolute atomic E-state index is 0.477. The van der Waals surface area contributed by atoms with Gasteiger partial charge in [0.15, 0.2) is 6.67 Å². The maximum absolute atomic E-state index is 9.23. The van der Waals surface area contributed by atoms with E-state index in [2.05, 4.69) is 64.5 Å². The number of benzene rings is 2. The molecule has 2 aromatic rings. The van der Waals surface area contributed by atoms with Crippen LogP contribution in [0.15, 0.2) is 60.7 Å². The van der Waals surface area contributed by atoms with Crippen molar-refractivity contribution in [1.82, 2.24) is 31.1 Å². The first kappa shape index (κ1) is 22.1. The van der Waals surface area contributed by atoms with Crippen LogP contribution in [-0.4, -0.2) is 64.2 Å². The second kappa shape index (κ2) is 11.0. The lowest BCUT2D eigenvalue weighted by molar-refractivity contribution is -0.750. The third kappa shape index (κ3) is 5.98. The molecule has 10 heteroatoms. The standard InChI is InChI=1S/C23H26N10/c24-13-26-22-28-15-30(11-20-7-3-1-4-8-20)17-32(22)19-33-18-31(16-29-23(33)27-14-25)12-21-9-5-2-6-10-21/h1-10H,11-12,15-19H2,(H2,26,27,28,29)/p+2. The van der Waals surface area contributed by atoms with E-state index in [1.165, 1.54) is 11.1 Å². The maximum Gasteiger partial charge on any atom is 0.364 e. The van der Waals surface area contributed by atoms with Gasteiger partial charge in [0, 0.05) is 13.1 Å². The molecule has 0 unspecified atom stereocenters. The Labute approximate surface area is 193 Å². The van der Waals surface area contributed by atoms with Crippen molar-refractivity contribution in [3.05, 3.63) is 71.8 Å². The Balaban J connectivity index is 1.51. The molecule has 0 radical (unpaired) electrons. The molecule has 0 saturated carbocycles. The van der Waals surface area contributed by atoms with Crippen molar-refractivity contribution in [3.63, 3.8) is 0 Å². The summed E-state index contributed by atoms with van der Waals surface area (Å²) in [6, 6.07) is 20.6. The molecular weight excluding hydrogens is 416 g/mol. The fourth-order valence-electron chi connectivity index (χ4n) is 4.01. The first-order valence-corrected chi connectivity index (χ1v) is 10.8. The molecule has 0 atom stereocenters. The summed E-state index contributed by atoms with van der Waals surface area (Å²) in [5, 5.41) is 30.6. The molecule has 2 heterocycles. The molecular formula is C23H28N10+2. The minimum Gasteiger partial charge on any atom is -0.264 e. The van der Waals surface area contributed by atoms with E-state index in [0.29, 0.717) is 45.3 Å². The Bertz CT molecular complexity index is 994. The number of hydrogen-bond donors (Lipinski definition) is 4. The van der Waals surface area contributed by atoms with Crippen LogP contribution in [0, 0.1) is 22.9 Å². The van der Waals surface area contributed by atoms with Gasteiger partial charge in [0.2, 0.25) is 0 Å². The average Bonchev–Trinajstić information content (AvgIpc) is 2.84. The molecule has 0 aromatic heterocycles. The number of nitrogens with one attached hydrogen (secondary N) is 4. The predicted octanol–water partition coefficient (Wildman–Crippen LogP) is -0.137. The van der Waals surface area contributed by atoms with E-state index in [4.69, 9.17) is 0 Å². The zero-order valence-electron chi connectivity index (χ0n) is 18.4. The van der Waals surface area contributed by atoms with Crippen LogP contribution in [0.1, 0.15) is 11.1 Å². The number of guanidine groups is 2. The summed E-state index contributed by atoms with van der Waals surface area (Å²) in [5.41, 5.74) is 2.45. The minimum atomic E-state index is 0.477. The van der Waals surface area contributed by atoms with E-state index < -0.39 is 0 Å². The van der Waals surface area contributed by atoms with Crippen molar-refractivity contribution in [2.24, 2.45) is 0 Å². The van der Waals surface area contributed by atoms with Gasteiger partial charge in [-0.1, -0.05) is 60.7 Å². The van der Waals surface area contributed by atoms with Gasteiger partial charge >= 0.3 is 11.9 Å². The van der Waals surface area contributed by atoms with E-state index in [-0.39, 0.29) is 0 Å². The summed E-state index contributed by atoms with van der Waals surface area (Å²) in [6.07, 6.45) is 4.04. The molecule has 2 aromatic carbocycles. The fourth-order valence-corrected chi connectivity index (χ4v) is 4.01. The van der Waals surface area contributed by atoms with Crippen molar-refractivity contribution >= 4 is 11.9 Å². The van der Waals surface area contributed by atoms with Crippen molar-refractivity contribution in [2.75, 3.05) is 33.3 Å².